The number of anilines is 11. The largest absolute Gasteiger partial charge is 0.494 e. The van der Waals surface area contributed by atoms with Gasteiger partial charge in [-0.3, -0.25) is 9.48 Å². The van der Waals surface area contributed by atoms with E-state index in [2.05, 4.69) is 158 Å². The number of H-pyrrole nitrogens is 1. The Labute approximate surface area is 838 Å². The van der Waals surface area contributed by atoms with Crippen molar-refractivity contribution >= 4 is 149 Å². The van der Waals surface area contributed by atoms with Gasteiger partial charge in [0.25, 0.3) is 0 Å². The molecule has 15 rings (SSSR count). The number of methoxy groups -OCH3 is 1. The van der Waals surface area contributed by atoms with Gasteiger partial charge in [-0.1, -0.05) is 97.5 Å². The van der Waals surface area contributed by atoms with Gasteiger partial charge in [0, 0.05) is 150 Å². The number of rotatable bonds is 27. The molecule has 1 aliphatic carbocycles. The zero-order valence-electron chi connectivity index (χ0n) is 75.7. The number of nitrogens with one attached hydrogen (secondary N) is 7. The molecule has 34 heteroatoms. The number of aromatic amines is 1. The van der Waals surface area contributed by atoms with Gasteiger partial charge >= 0.3 is 0 Å². The van der Waals surface area contributed by atoms with E-state index in [4.69, 9.17) is 66.3 Å². The summed E-state index contributed by atoms with van der Waals surface area (Å²) < 4.78 is 72.1. The SMILES string of the molecule is C[C@@H](Oc1cc(-c2cnn(C3CCNCC3)c2)cnc1N)c1c(Cl)ccc(F)c1Cl.Cc1cc(Nc2ncc(Cl)c(Nc3ccccc3S(=O)(=O)C(C)C)n2)c(OC(C)C)cc1C1CCNCC1.[CH2-]CN(C[CH2-])c1cc2c(cc1CC)C(=O)c1c([nH]c3cc(C#N)ccc13)C2(C)C.[CH2-]CN(C[CH2-])c1ccc(Nc2ncc(Cl)c(Nc3ccccc3P(C)(C)=O)n2)c(OC)c1.[Y].[Y]. The molecule has 12 aromatic rings. The van der Waals surface area contributed by atoms with Crippen molar-refractivity contribution in [2.45, 2.75) is 134 Å². The number of carbonyl (C=O) groups is 1. The van der Waals surface area contributed by atoms with Crippen molar-refractivity contribution in [2.24, 2.45) is 0 Å². The van der Waals surface area contributed by atoms with E-state index >= 15 is 0 Å². The Morgan fingerprint density at radius 3 is 1.92 bits per heavy atom. The number of hydrogen-bond donors (Lipinski definition) is 8. The summed E-state index contributed by atoms with van der Waals surface area (Å²) in [6, 6.07) is 40.8. The Morgan fingerprint density at radius 2 is 1.31 bits per heavy atom. The van der Waals surface area contributed by atoms with Crippen molar-refractivity contribution in [1.82, 2.24) is 50.3 Å². The summed E-state index contributed by atoms with van der Waals surface area (Å²) in [7, 11) is -4.42. The molecule has 0 spiro atoms. The van der Waals surface area contributed by atoms with Gasteiger partial charge in [0.2, 0.25) is 11.9 Å². The molecule has 2 fully saturated rings. The number of hydrogen-bond acceptors (Lipinski definition) is 23. The topological polar surface area (TPSA) is 322 Å². The van der Waals surface area contributed by atoms with Crippen molar-refractivity contribution < 1.29 is 102 Å². The van der Waals surface area contributed by atoms with Gasteiger partial charge in [-0.15, -0.1) is 26.2 Å². The predicted molar refractivity (Wildman–Crippen MR) is 523 cm³/mol. The number of halogens is 5. The number of aryl methyl sites for hydroxylation is 2. The van der Waals surface area contributed by atoms with Gasteiger partial charge in [0.15, 0.2) is 38.8 Å². The first-order valence-corrected chi connectivity index (χ1v) is 48.4. The molecule has 2 saturated heterocycles. The number of sulfone groups is 1. The van der Waals surface area contributed by atoms with Crippen LogP contribution in [0.5, 0.6) is 17.2 Å². The summed E-state index contributed by atoms with van der Waals surface area (Å²) in [5.41, 5.74) is 20.8. The fourth-order valence-corrected chi connectivity index (χ4v) is 19.2. The molecule has 131 heavy (non-hydrogen) atoms. The number of nitrogens with two attached hydrogens (primary N) is 1. The summed E-state index contributed by atoms with van der Waals surface area (Å²) in [4.78, 5) is 43.4. The maximum atomic E-state index is 13.9. The number of nitrogens with zero attached hydrogens (tertiary/aromatic N) is 10. The molecule has 0 bridgehead atoms. The fraction of sp³-hybridized carbons (Fsp3) is 0.320. The van der Waals surface area contributed by atoms with Crippen LogP contribution >= 0.6 is 53.5 Å². The minimum atomic E-state index is -3.52. The minimum Gasteiger partial charge on any atom is -0.494 e. The Bertz CT molecular complexity index is 6260. The smallest absolute Gasteiger partial charge is 0.229 e. The van der Waals surface area contributed by atoms with Crippen molar-refractivity contribution in [3.05, 3.63) is 262 Å². The van der Waals surface area contributed by atoms with Crippen LogP contribution in [-0.2, 0) is 91.7 Å². The van der Waals surface area contributed by atoms with Gasteiger partial charge in [-0.25, -0.2) is 27.8 Å². The molecule has 0 amide bonds. The van der Waals surface area contributed by atoms with E-state index in [0.717, 1.165) is 136 Å². The second kappa shape index (κ2) is 46.4. The number of fused-ring (bicyclic) bond motifs is 4. The zero-order chi connectivity index (χ0) is 92.9. The predicted octanol–water partition coefficient (Wildman–Crippen LogP) is 21.7. The van der Waals surface area contributed by atoms with Crippen LogP contribution in [0.25, 0.3) is 22.0 Å². The van der Waals surface area contributed by atoms with Crippen LogP contribution in [0.1, 0.15) is 154 Å². The molecule has 25 nitrogen and oxygen atoms in total. The van der Waals surface area contributed by atoms with Crippen LogP contribution in [0.2, 0.25) is 20.1 Å². The number of aromatic nitrogens is 8. The molecular formula is C97H110Cl4FN18O7PSY2-4. The van der Waals surface area contributed by atoms with Crippen LogP contribution in [0.4, 0.5) is 67.9 Å². The Morgan fingerprint density at radius 1 is 0.695 bits per heavy atom. The van der Waals surface area contributed by atoms with Crippen LogP contribution in [-0.4, -0.2) is 138 Å². The van der Waals surface area contributed by atoms with E-state index < -0.39 is 34.2 Å². The second-order valence-electron chi connectivity index (χ2n) is 32.9. The number of carbonyl (C=O) groups excluding carboxylic acids is 1. The van der Waals surface area contributed by atoms with E-state index in [9.17, 15) is 27.4 Å². The third-order valence-electron chi connectivity index (χ3n) is 22.9. The first-order valence-electron chi connectivity index (χ1n) is 42.7. The van der Waals surface area contributed by atoms with E-state index in [0.29, 0.717) is 111 Å². The summed E-state index contributed by atoms with van der Waals surface area (Å²) in [6.07, 6.45) is 13.0. The molecule has 7 heterocycles. The van der Waals surface area contributed by atoms with Crippen LogP contribution < -0.4 is 66.9 Å². The van der Waals surface area contributed by atoms with Crippen LogP contribution in [0, 0.1) is 51.8 Å². The van der Waals surface area contributed by atoms with E-state index in [1.165, 1.54) is 35.7 Å². The monoisotopic (exact) mass is 2040 g/mol. The maximum absolute atomic E-state index is 13.9. The van der Waals surface area contributed by atoms with Crippen LogP contribution in [0.15, 0.2) is 163 Å². The number of benzene rings is 7. The number of nitriles is 1. The average molecular weight is 2040 g/mol. The molecule has 7 aromatic carbocycles. The van der Waals surface area contributed by atoms with Crippen molar-refractivity contribution in [1.29, 1.82) is 5.26 Å². The third-order valence-corrected chi connectivity index (χ3v) is 27.9. The van der Waals surface area contributed by atoms with Crippen molar-refractivity contribution in [3.8, 4) is 34.4 Å². The van der Waals surface area contributed by atoms with E-state index in [-0.39, 0.29) is 103 Å². The summed E-state index contributed by atoms with van der Waals surface area (Å²) in [5.74, 6) is 3.28. The third kappa shape index (κ3) is 24.7. The van der Waals surface area contributed by atoms with E-state index in [1.54, 1.807) is 83.8 Å². The molecule has 9 N–H and O–H groups in total. The number of nitrogen functional groups attached to an aromatic ring is 1. The molecule has 1 atom stereocenters. The van der Waals surface area contributed by atoms with Crippen molar-refractivity contribution in [2.75, 3.05) is 110 Å². The molecular weight excluding hydrogens is 1930 g/mol. The molecule has 3 aliphatic rings. The van der Waals surface area contributed by atoms with Gasteiger partial charge in [0.05, 0.1) is 93.0 Å². The molecule has 0 unspecified atom stereocenters. The average Bonchev–Trinajstić information content (AvgIpc) is 1.57. The second-order valence-corrected chi connectivity index (χ2v) is 40.1. The van der Waals surface area contributed by atoms with Gasteiger partial charge in [-0.2, -0.15) is 20.3 Å². The Hall–Kier alpha value is -8.84. The number of para-hydroxylation sites is 2. The number of ether oxygens (including phenoxy) is 3. The Kier molecular flexibility index (Phi) is 36.9. The standard InChI is InChI=1S/C28H36ClN5O3S.C25H25N3O.C23H27ClN5O2P.C21H22Cl2FN5O.2Y/c1-17(2)37-25-15-21(20-10-12-30-13-11-20)19(5)14-24(25)33-28-31-16-22(29)27(34-28)32-23-8-6-7-9-26(23)38(35,36)18(3)4;1-6-16-12-18-19(13-21(16)28(7-2)8-3)25(4,5)24-22(23(18)29)17-10-9-15(14-26)11-20(17)27-24;1-6-29(7-2)16-12-13-18(20(14-16)31-3)27-23-25-15-17(24)22(28-23)26-19-10-8-9-11-21(19)32(4,5)30;1-12(19-16(22)2-3-17(24)20(19)23)30-18-8-13(9-27-21(18)25)14-10-28-29(11-14)15-4-6-26-7-5-15;;/h6-9,14-18,20,30H,10-13H2,1-5H3,(H2,31,32,33,34);9-13,27H,2-3,6-8H2,1,4-5H3;8-15H,1-2,6-7H2,3-5H3,(H2,25,26,27,28);2-3,8-12,15,26H,4-7H2,1H3,(H2,25,27);;/q;2*-2;;;/t;;;12-;;/m...1../s1. The molecule has 2 aliphatic heterocycles. The quantitative estimate of drug-likeness (QED) is 0.0135. The number of pyridine rings is 1. The molecule has 5 aromatic heterocycles. The Balaban J connectivity index is 0.000000181. The van der Waals surface area contributed by atoms with Crippen molar-refractivity contribution in [3.63, 3.8) is 0 Å². The van der Waals surface area contributed by atoms with Crippen LogP contribution in [0.3, 0.4) is 0 Å². The molecule has 0 saturated carbocycles. The number of piperidine rings is 2. The number of ketones is 1. The molecule has 686 valence electrons. The first-order chi connectivity index (χ1) is 61.6. The summed E-state index contributed by atoms with van der Waals surface area (Å²) >= 11 is 25.1. The summed E-state index contributed by atoms with van der Waals surface area (Å²) in [5, 5.41) is 35.2. The zero-order valence-corrected chi connectivity index (χ0v) is 86.1. The molecule has 2 radical (unpaired) electrons. The summed E-state index contributed by atoms with van der Waals surface area (Å²) in [6.45, 7) is 43.4. The van der Waals surface area contributed by atoms with Gasteiger partial charge in [0.1, 0.15) is 40.6 Å². The first kappa shape index (κ1) is 104. The normalized spacial score (nSPS) is 13.8. The minimum absolute atomic E-state index is 0. The van der Waals surface area contributed by atoms with E-state index in [1.807, 2.05) is 90.4 Å². The maximum Gasteiger partial charge on any atom is 0.229 e. The van der Waals surface area contributed by atoms with Gasteiger partial charge < -0.3 is 98.9 Å². The van der Waals surface area contributed by atoms with Gasteiger partial charge in [-0.05, 0) is 232 Å². The fourth-order valence-electron chi connectivity index (χ4n) is 15.9.